The minimum absolute atomic E-state index is 0.0238. The van der Waals surface area contributed by atoms with E-state index in [1.54, 1.807) is 0 Å². The van der Waals surface area contributed by atoms with Crippen LogP contribution in [-0.4, -0.2) is 23.9 Å². The summed E-state index contributed by atoms with van der Waals surface area (Å²) in [5, 5.41) is 2.88. The van der Waals surface area contributed by atoms with Crippen molar-refractivity contribution in [3.63, 3.8) is 0 Å². The zero-order chi connectivity index (χ0) is 15.8. The maximum atomic E-state index is 12.5. The first-order valence-corrected chi connectivity index (χ1v) is 8.05. The zero-order valence-corrected chi connectivity index (χ0v) is 13.4. The smallest absolute Gasteiger partial charge is 0.240 e. The van der Waals surface area contributed by atoms with Gasteiger partial charge in [0.25, 0.3) is 0 Å². The third kappa shape index (κ3) is 3.57. The molecule has 0 heterocycles. The molecule has 2 saturated carbocycles. The van der Waals surface area contributed by atoms with E-state index in [1.165, 1.54) is 6.42 Å². The molecule has 5 nitrogen and oxygen atoms in total. The number of rotatable bonds is 3. The maximum Gasteiger partial charge on any atom is 0.240 e. The van der Waals surface area contributed by atoms with Crippen molar-refractivity contribution in [2.75, 3.05) is 0 Å². The van der Waals surface area contributed by atoms with Gasteiger partial charge in [0, 0.05) is 12.0 Å². The van der Waals surface area contributed by atoms with Gasteiger partial charge in [0.2, 0.25) is 11.8 Å². The fraction of sp³-hybridized carbons (Fsp3) is 0.875. The lowest BCUT2D eigenvalue weighted by molar-refractivity contribution is -0.134. The molecule has 2 aliphatic carbocycles. The van der Waals surface area contributed by atoms with Crippen LogP contribution in [0.2, 0.25) is 0 Å². The molecule has 0 aliphatic heterocycles. The number of primary amides is 1. The van der Waals surface area contributed by atoms with Gasteiger partial charge >= 0.3 is 0 Å². The van der Waals surface area contributed by atoms with Gasteiger partial charge in [-0.05, 0) is 42.9 Å². The lowest BCUT2D eigenvalue weighted by atomic mass is 9.65. The van der Waals surface area contributed by atoms with Crippen LogP contribution in [0.5, 0.6) is 0 Å². The van der Waals surface area contributed by atoms with Crippen molar-refractivity contribution in [3.8, 4) is 0 Å². The molecule has 2 aliphatic rings. The first-order valence-electron chi connectivity index (χ1n) is 8.05. The van der Waals surface area contributed by atoms with Crippen LogP contribution in [0.25, 0.3) is 0 Å². The Bertz CT molecular complexity index is 402. The van der Waals surface area contributed by atoms with E-state index in [9.17, 15) is 9.59 Å². The van der Waals surface area contributed by atoms with Crippen LogP contribution >= 0.6 is 0 Å². The SMILES string of the molecule is CC(C)(C)C(NC(=O)C1CC2CCCC(C1)C2N)C(N)=O. The molecule has 0 saturated heterocycles. The number of nitrogens with two attached hydrogens (primary N) is 2. The summed E-state index contributed by atoms with van der Waals surface area (Å²) in [7, 11) is 0. The van der Waals surface area contributed by atoms with E-state index in [4.69, 9.17) is 11.5 Å². The molecule has 21 heavy (non-hydrogen) atoms. The van der Waals surface area contributed by atoms with Crippen LogP contribution < -0.4 is 16.8 Å². The maximum absolute atomic E-state index is 12.5. The van der Waals surface area contributed by atoms with Crippen molar-refractivity contribution in [2.24, 2.45) is 34.6 Å². The number of hydrogen-bond acceptors (Lipinski definition) is 3. The largest absolute Gasteiger partial charge is 0.368 e. The fourth-order valence-corrected chi connectivity index (χ4v) is 3.98. The summed E-state index contributed by atoms with van der Waals surface area (Å²) in [5.74, 6) is 0.384. The molecule has 0 radical (unpaired) electrons. The lowest BCUT2D eigenvalue weighted by Gasteiger charge is -2.44. The van der Waals surface area contributed by atoms with Gasteiger partial charge in [-0.15, -0.1) is 0 Å². The topological polar surface area (TPSA) is 98.2 Å². The molecule has 0 aromatic heterocycles. The van der Waals surface area contributed by atoms with Gasteiger partial charge in [-0.25, -0.2) is 0 Å². The molecule has 2 amide bonds. The molecule has 5 N–H and O–H groups in total. The highest BCUT2D eigenvalue weighted by atomic mass is 16.2. The number of hydrogen-bond donors (Lipinski definition) is 3. The highest BCUT2D eigenvalue weighted by molar-refractivity contribution is 5.88. The Kier molecular flexibility index (Phi) is 4.61. The zero-order valence-electron chi connectivity index (χ0n) is 13.4. The van der Waals surface area contributed by atoms with Crippen LogP contribution in [0.3, 0.4) is 0 Å². The minimum atomic E-state index is -0.625. The van der Waals surface area contributed by atoms with E-state index in [0.717, 1.165) is 25.7 Å². The van der Waals surface area contributed by atoms with Crippen LogP contribution in [0.1, 0.15) is 52.9 Å². The van der Waals surface area contributed by atoms with E-state index in [2.05, 4.69) is 5.32 Å². The van der Waals surface area contributed by atoms with Crippen molar-refractivity contribution in [1.29, 1.82) is 0 Å². The summed E-state index contributed by atoms with van der Waals surface area (Å²) in [6.07, 6.45) is 5.17. The van der Waals surface area contributed by atoms with Gasteiger partial charge in [0.05, 0.1) is 0 Å². The van der Waals surface area contributed by atoms with Crippen LogP contribution in [0.15, 0.2) is 0 Å². The van der Waals surface area contributed by atoms with Gasteiger partial charge in [0.1, 0.15) is 6.04 Å². The van der Waals surface area contributed by atoms with E-state index in [0.29, 0.717) is 11.8 Å². The van der Waals surface area contributed by atoms with Gasteiger partial charge < -0.3 is 16.8 Å². The standard InChI is InChI=1S/C16H29N3O2/c1-16(2,3)13(14(18)20)19-15(21)11-7-9-5-4-6-10(8-11)12(9)17/h9-13H,4-8,17H2,1-3H3,(H2,18,20)(H,19,21). The molecule has 2 bridgehead atoms. The third-order valence-corrected chi connectivity index (χ3v) is 5.22. The van der Waals surface area contributed by atoms with Gasteiger partial charge in [-0.2, -0.15) is 0 Å². The monoisotopic (exact) mass is 295 g/mol. The Morgan fingerprint density at radius 1 is 1.14 bits per heavy atom. The van der Waals surface area contributed by atoms with Crippen molar-refractivity contribution >= 4 is 11.8 Å². The van der Waals surface area contributed by atoms with E-state index >= 15 is 0 Å². The number of amides is 2. The predicted octanol–water partition coefficient (Wildman–Crippen LogP) is 1.16. The van der Waals surface area contributed by atoms with Crippen LogP contribution in [0.4, 0.5) is 0 Å². The summed E-state index contributed by atoms with van der Waals surface area (Å²) < 4.78 is 0. The molecule has 2 rings (SSSR count). The Hall–Kier alpha value is -1.10. The highest BCUT2D eigenvalue weighted by Gasteiger charge is 2.42. The molecule has 0 aromatic carbocycles. The second kappa shape index (κ2) is 5.95. The van der Waals surface area contributed by atoms with Crippen molar-refractivity contribution in [1.82, 2.24) is 5.32 Å². The molecular formula is C16H29N3O2. The molecule has 0 aromatic rings. The van der Waals surface area contributed by atoms with Crippen molar-refractivity contribution in [3.05, 3.63) is 0 Å². The summed E-state index contributed by atoms with van der Waals surface area (Å²) in [6, 6.07) is -0.377. The Morgan fingerprint density at radius 3 is 2.10 bits per heavy atom. The number of nitrogens with one attached hydrogen (secondary N) is 1. The van der Waals surface area contributed by atoms with Crippen molar-refractivity contribution < 1.29 is 9.59 Å². The number of fused-ring (bicyclic) bond motifs is 2. The normalized spacial score (nSPS) is 34.1. The summed E-state index contributed by atoms with van der Waals surface area (Å²) in [4.78, 5) is 24.1. The fourth-order valence-electron chi connectivity index (χ4n) is 3.98. The molecule has 3 unspecified atom stereocenters. The molecule has 5 heteroatoms. The molecule has 0 spiro atoms. The predicted molar refractivity (Wildman–Crippen MR) is 82.1 cm³/mol. The summed E-state index contributed by atoms with van der Waals surface area (Å²) >= 11 is 0. The van der Waals surface area contributed by atoms with Gasteiger partial charge in [0.15, 0.2) is 0 Å². The lowest BCUT2D eigenvalue weighted by Crippen LogP contribution is -2.55. The van der Waals surface area contributed by atoms with E-state index < -0.39 is 11.9 Å². The third-order valence-electron chi connectivity index (χ3n) is 5.22. The molecular weight excluding hydrogens is 266 g/mol. The first kappa shape index (κ1) is 16.3. The quantitative estimate of drug-likeness (QED) is 0.728. The molecule has 3 atom stereocenters. The van der Waals surface area contributed by atoms with Crippen LogP contribution in [0, 0.1) is 23.2 Å². The van der Waals surface area contributed by atoms with Gasteiger partial charge in [-0.1, -0.05) is 27.2 Å². The summed E-state index contributed by atoms with van der Waals surface area (Å²) in [5.41, 5.74) is 11.3. The number of carbonyl (C=O) groups excluding carboxylic acids is 2. The molecule has 120 valence electrons. The molecule has 2 fully saturated rings. The van der Waals surface area contributed by atoms with Crippen molar-refractivity contribution in [2.45, 2.75) is 65.0 Å². The van der Waals surface area contributed by atoms with Crippen LogP contribution in [-0.2, 0) is 9.59 Å². The minimum Gasteiger partial charge on any atom is -0.368 e. The Labute approximate surface area is 127 Å². The second-order valence-electron chi connectivity index (χ2n) is 7.91. The van der Waals surface area contributed by atoms with Gasteiger partial charge in [-0.3, -0.25) is 9.59 Å². The highest BCUT2D eigenvalue weighted by Crippen LogP contribution is 2.42. The summed E-state index contributed by atoms with van der Waals surface area (Å²) in [6.45, 7) is 5.73. The number of carbonyl (C=O) groups is 2. The average molecular weight is 295 g/mol. The average Bonchev–Trinajstić information content (AvgIpc) is 2.33. The van der Waals surface area contributed by atoms with E-state index in [-0.39, 0.29) is 23.3 Å². The Balaban J connectivity index is 2.02. The second-order valence-corrected chi connectivity index (χ2v) is 7.91. The first-order chi connectivity index (χ1) is 9.70. The Morgan fingerprint density at radius 2 is 1.67 bits per heavy atom. The van der Waals surface area contributed by atoms with E-state index in [1.807, 2.05) is 20.8 Å².